The summed E-state index contributed by atoms with van der Waals surface area (Å²) in [5, 5.41) is 12.1. The lowest BCUT2D eigenvalue weighted by Crippen LogP contribution is -2.53. The summed E-state index contributed by atoms with van der Waals surface area (Å²) in [7, 11) is 1.70. The Morgan fingerprint density at radius 2 is 1.90 bits per heavy atom. The predicted octanol–water partition coefficient (Wildman–Crippen LogP) is 1.50. The molecule has 0 saturated carbocycles. The van der Waals surface area contributed by atoms with Crippen molar-refractivity contribution in [2.24, 2.45) is 16.3 Å². The van der Waals surface area contributed by atoms with E-state index in [1.807, 2.05) is 31.2 Å². The molecule has 1 fully saturated rings. The minimum Gasteiger partial charge on any atom is -0.409 e. The third-order valence-electron chi connectivity index (χ3n) is 4.08. The number of amides is 1. The first-order valence-electron chi connectivity index (χ1n) is 6.92. The zero-order valence-electron chi connectivity index (χ0n) is 12.4. The van der Waals surface area contributed by atoms with Crippen LogP contribution in [0.15, 0.2) is 29.4 Å². The van der Waals surface area contributed by atoms with Crippen LogP contribution < -0.4 is 10.6 Å². The Labute approximate surface area is 124 Å². The maximum Gasteiger partial charge on any atom is 0.240 e. The van der Waals surface area contributed by atoms with Gasteiger partial charge in [0.2, 0.25) is 5.91 Å². The standard InChI is InChI=1S/C15H21N3O3/c1-11-3-5-12(6-4-11)18(2)14(19)15(13(16)17-20)7-9-21-10-8-15/h3-6,20H,7-10H2,1-2H3,(H2,16,17). The van der Waals surface area contributed by atoms with E-state index in [1.165, 1.54) is 0 Å². The third kappa shape index (κ3) is 2.85. The fourth-order valence-electron chi connectivity index (χ4n) is 2.60. The van der Waals surface area contributed by atoms with Crippen LogP contribution in [0.2, 0.25) is 0 Å². The quantitative estimate of drug-likeness (QED) is 0.382. The lowest BCUT2D eigenvalue weighted by Gasteiger charge is -2.37. The highest BCUT2D eigenvalue weighted by molar-refractivity contribution is 6.12. The maximum atomic E-state index is 12.9. The number of oxime groups is 1. The molecule has 1 heterocycles. The number of benzene rings is 1. The number of amidine groups is 1. The van der Waals surface area contributed by atoms with Crippen LogP contribution in [0.3, 0.4) is 0 Å². The van der Waals surface area contributed by atoms with Crippen molar-refractivity contribution in [1.29, 1.82) is 0 Å². The summed E-state index contributed by atoms with van der Waals surface area (Å²) in [4.78, 5) is 14.5. The van der Waals surface area contributed by atoms with Crippen LogP contribution in [-0.2, 0) is 9.53 Å². The lowest BCUT2D eigenvalue weighted by molar-refractivity contribution is -0.128. The Hall–Kier alpha value is -2.08. The summed E-state index contributed by atoms with van der Waals surface area (Å²) < 4.78 is 5.31. The van der Waals surface area contributed by atoms with Gasteiger partial charge >= 0.3 is 0 Å². The first kappa shape index (κ1) is 15.3. The third-order valence-corrected chi connectivity index (χ3v) is 4.08. The summed E-state index contributed by atoms with van der Waals surface area (Å²) in [6, 6.07) is 7.65. The zero-order valence-corrected chi connectivity index (χ0v) is 12.4. The van der Waals surface area contributed by atoms with Crippen molar-refractivity contribution in [2.75, 3.05) is 25.2 Å². The second kappa shape index (κ2) is 6.13. The van der Waals surface area contributed by atoms with Crippen molar-refractivity contribution >= 4 is 17.4 Å². The van der Waals surface area contributed by atoms with Crippen LogP contribution in [0.25, 0.3) is 0 Å². The molecule has 6 nitrogen and oxygen atoms in total. The van der Waals surface area contributed by atoms with Gasteiger partial charge in [-0.1, -0.05) is 22.9 Å². The SMILES string of the molecule is Cc1ccc(N(C)C(=O)C2(C(N)=NO)CCOCC2)cc1. The van der Waals surface area contributed by atoms with E-state index in [1.54, 1.807) is 11.9 Å². The van der Waals surface area contributed by atoms with Gasteiger partial charge in [0.25, 0.3) is 0 Å². The fraction of sp³-hybridized carbons (Fsp3) is 0.467. The lowest BCUT2D eigenvalue weighted by atomic mass is 9.77. The van der Waals surface area contributed by atoms with Crippen LogP contribution in [0.4, 0.5) is 5.69 Å². The van der Waals surface area contributed by atoms with Crippen molar-refractivity contribution in [3.8, 4) is 0 Å². The Kier molecular flexibility index (Phi) is 4.47. The monoisotopic (exact) mass is 291 g/mol. The Morgan fingerprint density at radius 3 is 2.43 bits per heavy atom. The van der Waals surface area contributed by atoms with Gasteiger partial charge in [-0.3, -0.25) is 4.79 Å². The van der Waals surface area contributed by atoms with Crippen LogP contribution in [0, 0.1) is 12.3 Å². The van der Waals surface area contributed by atoms with Crippen molar-refractivity contribution in [3.63, 3.8) is 0 Å². The molecule has 21 heavy (non-hydrogen) atoms. The smallest absolute Gasteiger partial charge is 0.240 e. The van der Waals surface area contributed by atoms with E-state index in [9.17, 15) is 4.79 Å². The molecule has 1 aromatic rings. The fourth-order valence-corrected chi connectivity index (χ4v) is 2.60. The zero-order chi connectivity index (χ0) is 15.5. The molecule has 1 aliphatic heterocycles. The van der Waals surface area contributed by atoms with E-state index in [4.69, 9.17) is 15.7 Å². The van der Waals surface area contributed by atoms with Gasteiger partial charge in [0, 0.05) is 25.9 Å². The molecule has 1 amide bonds. The topological polar surface area (TPSA) is 88.2 Å². The largest absolute Gasteiger partial charge is 0.409 e. The molecule has 0 bridgehead atoms. The molecular weight excluding hydrogens is 270 g/mol. The van der Waals surface area contributed by atoms with E-state index in [0.717, 1.165) is 11.3 Å². The summed E-state index contributed by atoms with van der Waals surface area (Å²) in [6.07, 6.45) is 0.829. The van der Waals surface area contributed by atoms with Gasteiger partial charge in [0.1, 0.15) is 5.41 Å². The second-order valence-corrected chi connectivity index (χ2v) is 5.38. The van der Waals surface area contributed by atoms with Crippen molar-refractivity contribution in [1.82, 2.24) is 0 Å². The van der Waals surface area contributed by atoms with Crippen molar-refractivity contribution in [2.45, 2.75) is 19.8 Å². The van der Waals surface area contributed by atoms with Gasteiger partial charge in [0.05, 0.1) is 0 Å². The molecule has 2 rings (SSSR count). The van der Waals surface area contributed by atoms with E-state index in [2.05, 4.69) is 5.16 Å². The number of hydrogen-bond acceptors (Lipinski definition) is 4. The average Bonchev–Trinajstić information content (AvgIpc) is 2.54. The number of carbonyl (C=O) groups is 1. The van der Waals surface area contributed by atoms with E-state index in [-0.39, 0.29) is 11.7 Å². The minimum atomic E-state index is -0.993. The van der Waals surface area contributed by atoms with E-state index >= 15 is 0 Å². The van der Waals surface area contributed by atoms with Gasteiger partial charge in [-0.25, -0.2) is 0 Å². The Balaban J connectivity index is 2.31. The molecule has 0 unspecified atom stereocenters. The van der Waals surface area contributed by atoms with E-state index in [0.29, 0.717) is 26.1 Å². The number of nitrogens with zero attached hydrogens (tertiary/aromatic N) is 2. The number of ether oxygens (including phenoxy) is 1. The number of aryl methyl sites for hydroxylation is 1. The number of rotatable bonds is 3. The molecule has 1 saturated heterocycles. The van der Waals surface area contributed by atoms with Crippen LogP contribution in [0.5, 0.6) is 0 Å². The van der Waals surface area contributed by atoms with Crippen LogP contribution in [0.1, 0.15) is 18.4 Å². The first-order chi connectivity index (χ1) is 10.0. The average molecular weight is 291 g/mol. The van der Waals surface area contributed by atoms with Gasteiger partial charge in [-0.2, -0.15) is 0 Å². The molecule has 1 aromatic carbocycles. The first-order valence-corrected chi connectivity index (χ1v) is 6.92. The predicted molar refractivity (Wildman–Crippen MR) is 80.5 cm³/mol. The van der Waals surface area contributed by atoms with Crippen LogP contribution >= 0.6 is 0 Å². The molecule has 114 valence electrons. The number of nitrogens with two attached hydrogens (primary N) is 1. The van der Waals surface area contributed by atoms with Gasteiger partial charge in [-0.05, 0) is 31.9 Å². The highest BCUT2D eigenvalue weighted by atomic mass is 16.5. The number of carbonyl (C=O) groups excluding carboxylic acids is 1. The van der Waals surface area contributed by atoms with Gasteiger partial charge in [-0.15, -0.1) is 0 Å². The molecule has 0 atom stereocenters. The molecule has 0 aliphatic carbocycles. The summed E-state index contributed by atoms with van der Waals surface area (Å²) in [6.45, 7) is 2.83. The van der Waals surface area contributed by atoms with Crippen LogP contribution in [-0.4, -0.2) is 37.2 Å². The van der Waals surface area contributed by atoms with Gasteiger partial charge in [0.15, 0.2) is 5.84 Å². The van der Waals surface area contributed by atoms with Gasteiger partial charge < -0.3 is 20.6 Å². The summed E-state index contributed by atoms with van der Waals surface area (Å²) in [5.74, 6) is -0.222. The van der Waals surface area contributed by atoms with Crippen molar-refractivity contribution < 1.29 is 14.7 Å². The molecule has 0 aromatic heterocycles. The highest BCUT2D eigenvalue weighted by Crippen LogP contribution is 2.34. The summed E-state index contributed by atoms with van der Waals surface area (Å²) >= 11 is 0. The second-order valence-electron chi connectivity index (χ2n) is 5.38. The van der Waals surface area contributed by atoms with E-state index < -0.39 is 5.41 Å². The van der Waals surface area contributed by atoms with Crippen molar-refractivity contribution in [3.05, 3.63) is 29.8 Å². The minimum absolute atomic E-state index is 0.0465. The highest BCUT2D eigenvalue weighted by Gasteiger charge is 2.46. The summed E-state index contributed by atoms with van der Waals surface area (Å²) in [5.41, 5.74) is 6.73. The molecule has 3 N–H and O–H groups in total. The molecule has 6 heteroatoms. The Bertz CT molecular complexity index is 534. The molecule has 1 aliphatic rings. The number of hydrogen-bond donors (Lipinski definition) is 2. The number of anilines is 1. The Morgan fingerprint density at radius 1 is 1.33 bits per heavy atom. The maximum absolute atomic E-state index is 12.9. The molecule has 0 spiro atoms. The molecular formula is C15H21N3O3. The molecule has 0 radical (unpaired) electrons. The normalized spacial score (nSPS) is 18.3.